The van der Waals surface area contributed by atoms with Gasteiger partial charge in [0.05, 0.1) is 6.04 Å². The zero-order valence-corrected chi connectivity index (χ0v) is 22.3. The smallest absolute Gasteiger partial charge is 0.224 e. The third kappa shape index (κ3) is 7.04. The van der Waals surface area contributed by atoms with E-state index in [0.717, 1.165) is 16.5 Å². The van der Waals surface area contributed by atoms with E-state index in [1.54, 1.807) is 24.3 Å². The zero-order valence-electron chi connectivity index (χ0n) is 20.7. The number of nitrogens with one attached hydrogen (secondary N) is 2. The highest BCUT2D eigenvalue weighted by molar-refractivity contribution is 9.10. The van der Waals surface area contributed by atoms with Gasteiger partial charge in [-0.25, -0.2) is 8.78 Å². The lowest BCUT2D eigenvalue weighted by Gasteiger charge is -2.37. The molecule has 4 rings (SSSR count). The number of hydrogen-bond donors (Lipinski definition) is 2. The van der Waals surface area contributed by atoms with Crippen molar-refractivity contribution in [2.24, 2.45) is 5.92 Å². The highest BCUT2D eigenvalue weighted by Gasteiger charge is 2.37. The molecule has 1 aliphatic rings. The van der Waals surface area contributed by atoms with Crippen LogP contribution in [-0.2, 0) is 9.59 Å². The molecule has 2 N–H and O–H groups in total. The third-order valence-electron chi connectivity index (χ3n) is 7.02. The van der Waals surface area contributed by atoms with Gasteiger partial charge < -0.3 is 10.6 Å². The minimum atomic E-state index is -0.554. The van der Waals surface area contributed by atoms with Crippen molar-refractivity contribution in [2.45, 2.75) is 57.0 Å². The Bertz CT molecular complexity index is 1150. The molecule has 4 nitrogen and oxygen atoms in total. The topological polar surface area (TPSA) is 58.2 Å². The van der Waals surface area contributed by atoms with E-state index in [0.29, 0.717) is 36.8 Å². The van der Waals surface area contributed by atoms with Gasteiger partial charge in [-0.15, -0.1) is 0 Å². The fraction of sp³-hybridized carbons (Fsp3) is 0.333. The van der Waals surface area contributed by atoms with Crippen molar-refractivity contribution in [3.8, 4) is 0 Å². The van der Waals surface area contributed by atoms with E-state index in [4.69, 9.17) is 0 Å². The van der Waals surface area contributed by atoms with Crippen LogP contribution in [0.5, 0.6) is 0 Å². The minimum Gasteiger partial charge on any atom is -0.353 e. The standard InChI is InChI=1S/C30H31BrF2N2O2/c1-2-3-28(36)34-25-16-17-26(27(18-25)19-4-10-22(31)11-5-19)30(37)35-29(20-6-12-23(32)13-7-20)21-8-14-24(33)15-9-21/h4-15,25-27,29H,2-3,16-18H2,1H3,(H,34,36)(H,35,37)/t25-,26-,27+/m1/s1. The predicted octanol–water partition coefficient (Wildman–Crippen LogP) is 6.80. The molecule has 7 heteroatoms. The van der Waals surface area contributed by atoms with Crippen LogP contribution in [0.3, 0.4) is 0 Å². The fourth-order valence-electron chi connectivity index (χ4n) is 5.14. The Morgan fingerprint density at radius 3 is 2.00 bits per heavy atom. The van der Waals surface area contributed by atoms with Gasteiger partial charge in [-0.05, 0) is 84.7 Å². The highest BCUT2D eigenvalue weighted by atomic mass is 79.9. The first-order valence-corrected chi connectivity index (χ1v) is 13.5. The van der Waals surface area contributed by atoms with Crippen molar-refractivity contribution in [3.05, 3.63) is 106 Å². The summed E-state index contributed by atoms with van der Waals surface area (Å²) in [6.45, 7) is 1.98. The van der Waals surface area contributed by atoms with Crippen molar-refractivity contribution in [1.29, 1.82) is 0 Å². The van der Waals surface area contributed by atoms with Gasteiger partial charge in [0, 0.05) is 22.9 Å². The number of amides is 2. The maximum absolute atomic E-state index is 13.8. The molecule has 3 aromatic rings. The lowest BCUT2D eigenvalue weighted by atomic mass is 9.72. The number of rotatable bonds is 8. The molecular weight excluding hydrogens is 538 g/mol. The van der Waals surface area contributed by atoms with Gasteiger partial charge in [-0.2, -0.15) is 0 Å². The molecule has 1 saturated carbocycles. The molecule has 37 heavy (non-hydrogen) atoms. The Labute approximate surface area is 225 Å². The summed E-state index contributed by atoms with van der Waals surface area (Å²) in [5.74, 6) is -1.22. The summed E-state index contributed by atoms with van der Waals surface area (Å²) < 4.78 is 28.2. The van der Waals surface area contributed by atoms with E-state index in [-0.39, 0.29) is 41.3 Å². The fourth-order valence-corrected chi connectivity index (χ4v) is 5.40. The van der Waals surface area contributed by atoms with Crippen LogP contribution in [0.25, 0.3) is 0 Å². The van der Waals surface area contributed by atoms with Gasteiger partial charge in [0.15, 0.2) is 0 Å². The van der Waals surface area contributed by atoms with Crippen molar-refractivity contribution >= 4 is 27.7 Å². The Morgan fingerprint density at radius 2 is 1.46 bits per heavy atom. The predicted molar refractivity (Wildman–Crippen MR) is 144 cm³/mol. The average Bonchev–Trinajstić information content (AvgIpc) is 2.89. The Balaban J connectivity index is 1.60. The number of halogens is 3. The molecule has 0 saturated heterocycles. The van der Waals surface area contributed by atoms with Gasteiger partial charge >= 0.3 is 0 Å². The average molecular weight is 569 g/mol. The van der Waals surface area contributed by atoms with E-state index >= 15 is 0 Å². The Morgan fingerprint density at radius 1 is 0.892 bits per heavy atom. The van der Waals surface area contributed by atoms with Gasteiger partial charge in [-0.1, -0.05) is 59.3 Å². The molecule has 2 amide bonds. The van der Waals surface area contributed by atoms with Gasteiger partial charge in [0.2, 0.25) is 11.8 Å². The number of carbonyl (C=O) groups is 2. The molecule has 0 unspecified atom stereocenters. The molecule has 0 bridgehead atoms. The van der Waals surface area contributed by atoms with E-state index in [1.807, 2.05) is 31.2 Å². The summed E-state index contributed by atoms with van der Waals surface area (Å²) in [6.07, 6.45) is 3.25. The Hall–Kier alpha value is -3.06. The molecule has 0 aromatic heterocycles. The van der Waals surface area contributed by atoms with E-state index in [9.17, 15) is 18.4 Å². The van der Waals surface area contributed by atoms with E-state index < -0.39 is 6.04 Å². The van der Waals surface area contributed by atoms with Gasteiger partial charge in [0.25, 0.3) is 0 Å². The summed E-state index contributed by atoms with van der Waals surface area (Å²) in [4.78, 5) is 26.1. The van der Waals surface area contributed by atoms with E-state index in [1.165, 1.54) is 24.3 Å². The summed E-state index contributed by atoms with van der Waals surface area (Å²) in [6, 6.07) is 19.4. The second-order valence-electron chi connectivity index (χ2n) is 9.64. The Kier molecular flexibility index (Phi) is 9.09. The monoisotopic (exact) mass is 568 g/mol. The molecule has 0 aliphatic heterocycles. The van der Waals surface area contributed by atoms with Gasteiger partial charge in [-0.3, -0.25) is 9.59 Å². The SMILES string of the molecule is CCCC(=O)N[C@@H]1CC[C@@H](C(=O)NC(c2ccc(F)cc2)c2ccc(F)cc2)[C@H](c2ccc(Br)cc2)C1. The molecule has 3 atom stereocenters. The maximum atomic E-state index is 13.8. The molecule has 0 heterocycles. The normalized spacial score (nSPS) is 19.4. The molecule has 0 radical (unpaired) electrons. The molecule has 1 fully saturated rings. The van der Waals surface area contributed by atoms with Crippen LogP contribution >= 0.6 is 15.9 Å². The van der Waals surface area contributed by atoms with Crippen molar-refractivity contribution in [3.63, 3.8) is 0 Å². The molecule has 3 aromatic carbocycles. The second-order valence-corrected chi connectivity index (χ2v) is 10.6. The van der Waals surface area contributed by atoms with Crippen LogP contribution in [0.4, 0.5) is 8.78 Å². The second kappa shape index (κ2) is 12.5. The first-order chi connectivity index (χ1) is 17.8. The van der Waals surface area contributed by atoms with Crippen LogP contribution in [0.15, 0.2) is 77.3 Å². The maximum Gasteiger partial charge on any atom is 0.224 e. The summed E-state index contributed by atoms with van der Waals surface area (Å²) >= 11 is 3.48. The lowest BCUT2D eigenvalue weighted by Crippen LogP contribution is -2.45. The third-order valence-corrected chi connectivity index (χ3v) is 7.55. The van der Waals surface area contributed by atoms with Crippen LogP contribution in [0.1, 0.15) is 67.7 Å². The summed E-state index contributed by atoms with van der Waals surface area (Å²) in [5.41, 5.74) is 2.46. The number of benzene rings is 3. The molecule has 194 valence electrons. The van der Waals surface area contributed by atoms with Crippen LogP contribution in [0, 0.1) is 17.6 Å². The largest absolute Gasteiger partial charge is 0.353 e. The van der Waals surface area contributed by atoms with E-state index in [2.05, 4.69) is 26.6 Å². The molecular formula is C30H31BrF2N2O2. The van der Waals surface area contributed by atoms with Crippen molar-refractivity contribution in [1.82, 2.24) is 10.6 Å². The van der Waals surface area contributed by atoms with Crippen LogP contribution in [-0.4, -0.2) is 17.9 Å². The first-order valence-electron chi connectivity index (χ1n) is 12.7. The van der Waals surface area contributed by atoms with Crippen LogP contribution in [0.2, 0.25) is 0 Å². The first kappa shape index (κ1) is 27.0. The number of carbonyl (C=O) groups excluding carboxylic acids is 2. The number of hydrogen-bond acceptors (Lipinski definition) is 2. The van der Waals surface area contributed by atoms with Crippen molar-refractivity contribution in [2.75, 3.05) is 0 Å². The summed E-state index contributed by atoms with van der Waals surface area (Å²) in [7, 11) is 0. The quantitative estimate of drug-likeness (QED) is 0.314. The van der Waals surface area contributed by atoms with Gasteiger partial charge in [0.1, 0.15) is 11.6 Å². The van der Waals surface area contributed by atoms with Crippen molar-refractivity contribution < 1.29 is 18.4 Å². The molecule has 0 spiro atoms. The molecule has 1 aliphatic carbocycles. The minimum absolute atomic E-state index is 0.00161. The van der Waals surface area contributed by atoms with Crippen LogP contribution < -0.4 is 10.6 Å². The zero-order chi connectivity index (χ0) is 26.4. The highest BCUT2D eigenvalue weighted by Crippen LogP contribution is 2.39. The lowest BCUT2D eigenvalue weighted by molar-refractivity contribution is -0.127. The summed E-state index contributed by atoms with van der Waals surface area (Å²) in [5, 5.41) is 6.31.